The van der Waals surface area contributed by atoms with Gasteiger partial charge in [0.15, 0.2) is 0 Å². The summed E-state index contributed by atoms with van der Waals surface area (Å²) in [6, 6.07) is 4.05. The normalized spacial score (nSPS) is 20.7. The minimum Gasteiger partial charge on any atom is -0.336 e. The predicted molar refractivity (Wildman–Crippen MR) is 58.7 cm³/mol. The van der Waals surface area contributed by atoms with Crippen LogP contribution in [-0.4, -0.2) is 28.4 Å². The Morgan fingerprint density at radius 2 is 2.40 bits per heavy atom. The molecule has 1 fully saturated rings. The third kappa shape index (κ3) is 1.87. The van der Waals surface area contributed by atoms with Gasteiger partial charge in [-0.15, -0.1) is 0 Å². The van der Waals surface area contributed by atoms with E-state index in [0.717, 1.165) is 30.6 Å². The SMILES string of the molecule is Cc1ncccc1C(=O)N1CCCC1C. The fourth-order valence-corrected chi connectivity index (χ4v) is 2.10. The Labute approximate surface area is 90.1 Å². The molecular formula is C12H16N2O. The molecule has 0 spiro atoms. The molecule has 1 aromatic rings. The zero-order valence-corrected chi connectivity index (χ0v) is 9.23. The Bertz CT molecular complexity index is 376. The van der Waals surface area contributed by atoms with E-state index in [4.69, 9.17) is 0 Å². The minimum absolute atomic E-state index is 0.130. The third-order valence-corrected chi connectivity index (χ3v) is 3.05. The topological polar surface area (TPSA) is 33.2 Å². The summed E-state index contributed by atoms with van der Waals surface area (Å²) in [5, 5.41) is 0. The van der Waals surface area contributed by atoms with E-state index in [1.807, 2.05) is 24.0 Å². The van der Waals surface area contributed by atoms with E-state index in [-0.39, 0.29) is 5.91 Å². The van der Waals surface area contributed by atoms with Crippen LogP contribution < -0.4 is 0 Å². The van der Waals surface area contributed by atoms with Crippen LogP contribution in [0.25, 0.3) is 0 Å². The summed E-state index contributed by atoms with van der Waals surface area (Å²) in [5.41, 5.74) is 1.56. The van der Waals surface area contributed by atoms with Gasteiger partial charge >= 0.3 is 0 Å². The molecule has 0 N–H and O–H groups in total. The summed E-state index contributed by atoms with van der Waals surface area (Å²) >= 11 is 0. The smallest absolute Gasteiger partial charge is 0.255 e. The van der Waals surface area contributed by atoms with Crippen molar-refractivity contribution in [1.82, 2.24) is 9.88 Å². The Balaban J connectivity index is 2.24. The number of hydrogen-bond acceptors (Lipinski definition) is 2. The van der Waals surface area contributed by atoms with Crippen LogP contribution in [0.5, 0.6) is 0 Å². The van der Waals surface area contributed by atoms with Gasteiger partial charge in [-0.1, -0.05) is 0 Å². The molecule has 15 heavy (non-hydrogen) atoms. The second kappa shape index (κ2) is 4.01. The minimum atomic E-state index is 0.130. The van der Waals surface area contributed by atoms with Crippen molar-refractivity contribution in [2.75, 3.05) is 6.54 Å². The first-order valence-electron chi connectivity index (χ1n) is 5.42. The van der Waals surface area contributed by atoms with Crippen LogP contribution in [0, 0.1) is 6.92 Å². The van der Waals surface area contributed by atoms with Gasteiger partial charge in [0, 0.05) is 24.5 Å². The number of aryl methyl sites for hydroxylation is 1. The van der Waals surface area contributed by atoms with E-state index >= 15 is 0 Å². The van der Waals surface area contributed by atoms with Crippen molar-refractivity contribution >= 4 is 5.91 Å². The summed E-state index contributed by atoms with van der Waals surface area (Å²) < 4.78 is 0. The molecular weight excluding hydrogens is 188 g/mol. The summed E-state index contributed by atoms with van der Waals surface area (Å²) in [6.45, 7) is 4.87. The zero-order valence-electron chi connectivity index (χ0n) is 9.23. The van der Waals surface area contributed by atoms with Crippen LogP contribution in [0.2, 0.25) is 0 Å². The third-order valence-electron chi connectivity index (χ3n) is 3.05. The average molecular weight is 204 g/mol. The van der Waals surface area contributed by atoms with Gasteiger partial charge in [-0.25, -0.2) is 0 Å². The van der Waals surface area contributed by atoms with Gasteiger partial charge in [-0.2, -0.15) is 0 Å². The molecule has 0 saturated carbocycles. The van der Waals surface area contributed by atoms with Gasteiger partial charge in [0.25, 0.3) is 5.91 Å². The van der Waals surface area contributed by atoms with Crippen LogP contribution in [0.3, 0.4) is 0 Å². The Morgan fingerprint density at radius 3 is 3.00 bits per heavy atom. The lowest BCUT2D eigenvalue weighted by molar-refractivity contribution is 0.0746. The largest absolute Gasteiger partial charge is 0.336 e. The number of pyridine rings is 1. The summed E-state index contributed by atoms with van der Waals surface area (Å²) in [7, 11) is 0. The molecule has 0 aliphatic carbocycles. The summed E-state index contributed by atoms with van der Waals surface area (Å²) in [6.07, 6.45) is 3.96. The highest BCUT2D eigenvalue weighted by molar-refractivity contribution is 5.95. The van der Waals surface area contributed by atoms with Gasteiger partial charge < -0.3 is 4.90 Å². The molecule has 1 unspecified atom stereocenters. The maximum atomic E-state index is 12.2. The number of carbonyl (C=O) groups excluding carboxylic acids is 1. The van der Waals surface area contributed by atoms with Crippen molar-refractivity contribution < 1.29 is 4.79 Å². The van der Waals surface area contributed by atoms with Crippen molar-refractivity contribution in [3.8, 4) is 0 Å². The number of rotatable bonds is 1. The fraction of sp³-hybridized carbons (Fsp3) is 0.500. The molecule has 1 atom stereocenters. The highest BCUT2D eigenvalue weighted by Gasteiger charge is 2.26. The molecule has 0 aromatic carbocycles. The predicted octanol–water partition coefficient (Wildman–Crippen LogP) is 2.01. The summed E-state index contributed by atoms with van der Waals surface area (Å²) in [5.74, 6) is 0.130. The van der Waals surface area contributed by atoms with Crippen LogP contribution in [-0.2, 0) is 0 Å². The standard InChI is InChI=1S/C12H16N2O/c1-9-5-4-8-14(9)12(15)11-6-3-7-13-10(11)2/h3,6-7,9H,4-5,8H2,1-2H3. The zero-order chi connectivity index (χ0) is 10.8. The van der Waals surface area contributed by atoms with Gasteiger partial charge in [0.05, 0.1) is 5.56 Å². The number of hydrogen-bond donors (Lipinski definition) is 0. The lowest BCUT2D eigenvalue weighted by Crippen LogP contribution is -2.34. The van der Waals surface area contributed by atoms with E-state index in [2.05, 4.69) is 11.9 Å². The maximum absolute atomic E-state index is 12.2. The number of nitrogens with zero attached hydrogens (tertiary/aromatic N) is 2. The first kappa shape index (κ1) is 10.1. The van der Waals surface area contributed by atoms with E-state index in [1.54, 1.807) is 6.20 Å². The second-order valence-corrected chi connectivity index (χ2v) is 4.13. The average Bonchev–Trinajstić information content (AvgIpc) is 2.64. The van der Waals surface area contributed by atoms with Gasteiger partial charge in [-0.3, -0.25) is 9.78 Å². The van der Waals surface area contributed by atoms with Crippen LogP contribution in [0.4, 0.5) is 0 Å². The van der Waals surface area contributed by atoms with Gasteiger partial charge in [0.1, 0.15) is 0 Å². The molecule has 3 nitrogen and oxygen atoms in total. The van der Waals surface area contributed by atoms with Crippen LogP contribution >= 0.6 is 0 Å². The first-order valence-corrected chi connectivity index (χ1v) is 5.42. The number of amides is 1. The van der Waals surface area contributed by atoms with Crippen molar-refractivity contribution in [2.45, 2.75) is 32.7 Å². The lowest BCUT2D eigenvalue weighted by Gasteiger charge is -2.21. The number of aromatic nitrogens is 1. The highest BCUT2D eigenvalue weighted by Crippen LogP contribution is 2.20. The van der Waals surface area contributed by atoms with Gasteiger partial charge in [-0.05, 0) is 38.8 Å². The molecule has 1 saturated heterocycles. The van der Waals surface area contributed by atoms with E-state index in [1.165, 1.54) is 0 Å². The Morgan fingerprint density at radius 1 is 1.60 bits per heavy atom. The molecule has 1 aliphatic heterocycles. The lowest BCUT2D eigenvalue weighted by atomic mass is 10.1. The molecule has 0 bridgehead atoms. The van der Waals surface area contributed by atoms with Crippen LogP contribution in [0.1, 0.15) is 35.8 Å². The highest BCUT2D eigenvalue weighted by atomic mass is 16.2. The number of likely N-dealkylation sites (tertiary alicyclic amines) is 1. The van der Waals surface area contributed by atoms with E-state index in [0.29, 0.717) is 6.04 Å². The maximum Gasteiger partial charge on any atom is 0.255 e. The Kier molecular flexibility index (Phi) is 2.71. The Hall–Kier alpha value is -1.38. The molecule has 1 aliphatic rings. The van der Waals surface area contributed by atoms with Crippen molar-refractivity contribution in [3.05, 3.63) is 29.6 Å². The van der Waals surface area contributed by atoms with Crippen LogP contribution in [0.15, 0.2) is 18.3 Å². The number of carbonyl (C=O) groups is 1. The molecule has 1 aromatic heterocycles. The van der Waals surface area contributed by atoms with Crippen molar-refractivity contribution in [3.63, 3.8) is 0 Å². The molecule has 0 radical (unpaired) electrons. The fourth-order valence-electron chi connectivity index (χ4n) is 2.10. The van der Waals surface area contributed by atoms with Crippen molar-refractivity contribution in [2.24, 2.45) is 0 Å². The van der Waals surface area contributed by atoms with Crippen molar-refractivity contribution in [1.29, 1.82) is 0 Å². The first-order chi connectivity index (χ1) is 7.20. The molecule has 3 heteroatoms. The monoisotopic (exact) mass is 204 g/mol. The van der Waals surface area contributed by atoms with E-state index < -0.39 is 0 Å². The quantitative estimate of drug-likeness (QED) is 0.701. The summed E-state index contributed by atoms with van der Waals surface area (Å²) in [4.78, 5) is 18.3. The molecule has 1 amide bonds. The van der Waals surface area contributed by atoms with E-state index in [9.17, 15) is 4.79 Å². The molecule has 2 rings (SSSR count). The second-order valence-electron chi connectivity index (χ2n) is 4.13. The molecule has 2 heterocycles. The van der Waals surface area contributed by atoms with Gasteiger partial charge in [0.2, 0.25) is 0 Å². The molecule has 80 valence electrons.